The average Bonchev–Trinajstić information content (AvgIpc) is 2.63. The Morgan fingerprint density at radius 2 is 1.32 bits per heavy atom. The Morgan fingerprint density at radius 3 is 1.86 bits per heavy atom. The van der Waals surface area contributed by atoms with E-state index in [1.165, 1.54) is 31.2 Å². The van der Waals surface area contributed by atoms with Gasteiger partial charge in [0.15, 0.2) is 0 Å². The number of carbonyl (C=O) groups excluding carboxylic acids is 3. The second-order valence-electron chi connectivity index (χ2n) is 5.67. The second kappa shape index (κ2) is 11.9. The minimum atomic E-state index is -0.292. The van der Waals surface area contributed by atoms with E-state index in [1.807, 2.05) is 0 Å². The summed E-state index contributed by atoms with van der Waals surface area (Å²) in [5.41, 5.74) is 0.627. The van der Waals surface area contributed by atoms with Crippen molar-refractivity contribution in [3.05, 3.63) is 47.5 Å². The van der Waals surface area contributed by atoms with Gasteiger partial charge >= 0.3 is 5.97 Å². The predicted octanol–water partition coefficient (Wildman–Crippen LogP) is 2.84. The standard InChI is InChI=1S/C13H16O5.C7H6O3/c1-10(15)17-4-2-3-5-18-13-7-11(9-14)6-12(16)8-13;8-4-5-1-6(9)3-7(10)2-5/h6-9,16H,2-5H2,1H3;1-4,9-10H. The Hall–Kier alpha value is -3.55. The number of aromatic hydroxyl groups is 3. The van der Waals surface area contributed by atoms with E-state index in [0.717, 1.165) is 12.5 Å². The SMILES string of the molecule is CC(=O)OCCCCOc1cc(O)cc(C=O)c1.O=Cc1cc(O)cc(O)c1. The Morgan fingerprint density at radius 1 is 0.821 bits per heavy atom. The van der Waals surface area contributed by atoms with Crippen LogP contribution in [0.15, 0.2) is 36.4 Å². The van der Waals surface area contributed by atoms with Crippen molar-refractivity contribution in [3.63, 3.8) is 0 Å². The topological polar surface area (TPSA) is 130 Å². The number of carbonyl (C=O) groups is 3. The summed E-state index contributed by atoms with van der Waals surface area (Å²) in [6, 6.07) is 8.06. The first-order chi connectivity index (χ1) is 13.3. The summed E-state index contributed by atoms with van der Waals surface area (Å²) in [7, 11) is 0. The molecule has 0 saturated carbocycles. The lowest BCUT2D eigenvalue weighted by molar-refractivity contribution is -0.141. The molecule has 0 saturated heterocycles. The Kier molecular flexibility index (Phi) is 9.60. The number of esters is 1. The largest absolute Gasteiger partial charge is 0.508 e. The van der Waals surface area contributed by atoms with Crippen LogP contribution in [0.25, 0.3) is 0 Å². The van der Waals surface area contributed by atoms with Crippen molar-refractivity contribution < 1.29 is 39.2 Å². The van der Waals surface area contributed by atoms with Gasteiger partial charge in [0.2, 0.25) is 0 Å². The summed E-state index contributed by atoms with van der Waals surface area (Å²) in [5, 5.41) is 26.9. The molecular weight excluding hydrogens is 368 g/mol. The highest BCUT2D eigenvalue weighted by atomic mass is 16.5. The molecule has 0 fully saturated rings. The maximum Gasteiger partial charge on any atom is 0.302 e. The van der Waals surface area contributed by atoms with E-state index in [4.69, 9.17) is 19.7 Å². The fourth-order valence-corrected chi connectivity index (χ4v) is 2.05. The van der Waals surface area contributed by atoms with Crippen molar-refractivity contribution in [2.75, 3.05) is 13.2 Å². The van der Waals surface area contributed by atoms with Crippen LogP contribution >= 0.6 is 0 Å². The molecule has 2 rings (SSSR count). The van der Waals surface area contributed by atoms with Crippen molar-refractivity contribution in [2.45, 2.75) is 19.8 Å². The lowest BCUT2D eigenvalue weighted by atomic mass is 10.2. The van der Waals surface area contributed by atoms with E-state index in [9.17, 15) is 19.5 Å². The molecule has 0 unspecified atom stereocenters. The van der Waals surface area contributed by atoms with Gasteiger partial charge in [-0.2, -0.15) is 0 Å². The van der Waals surface area contributed by atoms with Crippen LogP contribution in [0.3, 0.4) is 0 Å². The quantitative estimate of drug-likeness (QED) is 0.356. The highest BCUT2D eigenvalue weighted by Gasteiger charge is 2.01. The molecule has 0 bridgehead atoms. The number of hydrogen-bond donors (Lipinski definition) is 3. The van der Waals surface area contributed by atoms with E-state index in [1.54, 1.807) is 6.07 Å². The number of unbranched alkanes of at least 4 members (excludes halogenated alkanes) is 1. The third-order valence-corrected chi connectivity index (χ3v) is 3.22. The first-order valence-corrected chi connectivity index (χ1v) is 8.37. The summed E-state index contributed by atoms with van der Waals surface area (Å²) in [6.45, 7) is 2.17. The van der Waals surface area contributed by atoms with Gasteiger partial charge in [-0.3, -0.25) is 14.4 Å². The van der Waals surface area contributed by atoms with Gasteiger partial charge < -0.3 is 24.8 Å². The van der Waals surface area contributed by atoms with E-state index in [2.05, 4.69) is 0 Å². The third-order valence-electron chi connectivity index (χ3n) is 3.22. The molecular formula is C20H22O8. The molecule has 0 atom stereocenters. The van der Waals surface area contributed by atoms with E-state index >= 15 is 0 Å². The first-order valence-electron chi connectivity index (χ1n) is 8.37. The average molecular weight is 390 g/mol. The molecule has 0 heterocycles. The van der Waals surface area contributed by atoms with Gasteiger partial charge in [-0.05, 0) is 37.1 Å². The third kappa shape index (κ3) is 9.23. The van der Waals surface area contributed by atoms with Crippen molar-refractivity contribution in [1.82, 2.24) is 0 Å². The molecule has 2 aromatic carbocycles. The summed E-state index contributed by atoms with van der Waals surface area (Å²) >= 11 is 0. The van der Waals surface area contributed by atoms with Crippen LogP contribution in [0, 0.1) is 0 Å². The van der Waals surface area contributed by atoms with Crippen LogP contribution < -0.4 is 4.74 Å². The fourth-order valence-electron chi connectivity index (χ4n) is 2.05. The Balaban J connectivity index is 0.000000330. The molecule has 150 valence electrons. The molecule has 0 spiro atoms. The van der Waals surface area contributed by atoms with Crippen LogP contribution in [0.4, 0.5) is 0 Å². The Bertz CT molecular complexity index is 781. The van der Waals surface area contributed by atoms with Gasteiger partial charge in [0.05, 0.1) is 13.2 Å². The number of aldehydes is 2. The van der Waals surface area contributed by atoms with Gasteiger partial charge in [0.25, 0.3) is 0 Å². The molecule has 0 amide bonds. The normalized spacial score (nSPS) is 9.61. The van der Waals surface area contributed by atoms with Crippen LogP contribution in [0.5, 0.6) is 23.0 Å². The van der Waals surface area contributed by atoms with Crippen molar-refractivity contribution >= 4 is 18.5 Å². The first kappa shape index (κ1) is 22.5. The number of hydrogen-bond acceptors (Lipinski definition) is 8. The number of rotatable bonds is 8. The van der Waals surface area contributed by atoms with Crippen LogP contribution in [0.1, 0.15) is 40.5 Å². The van der Waals surface area contributed by atoms with Gasteiger partial charge in [0, 0.05) is 30.2 Å². The van der Waals surface area contributed by atoms with E-state index < -0.39 is 0 Å². The lowest BCUT2D eigenvalue weighted by Gasteiger charge is -2.07. The number of phenolic OH excluding ortho intramolecular Hbond substituents is 3. The molecule has 8 heteroatoms. The monoisotopic (exact) mass is 390 g/mol. The molecule has 28 heavy (non-hydrogen) atoms. The maximum atomic E-state index is 10.6. The number of ether oxygens (including phenoxy) is 2. The molecule has 0 radical (unpaired) electrons. The van der Waals surface area contributed by atoms with Crippen molar-refractivity contribution in [2.24, 2.45) is 0 Å². The molecule has 0 aromatic heterocycles. The fraction of sp³-hybridized carbons (Fsp3) is 0.250. The summed E-state index contributed by atoms with van der Waals surface area (Å²) in [5.74, 6) is -0.0668. The minimum Gasteiger partial charge on any atom is -0.508 e. The minimum absolute atomic E-state index is 0.00508. The molecule has 2 aromatic rings. The summed E-state index contributed by atoms with van der Waals surface area (Å²) in [4.78, 5) is 31.2. The van der Waals surface area contributed by atoms with Gasteiger partial charge in [-0.25, -0.2) is 0 Å². The molecule has 3 N–H and O–H groups in total. The van der Waals surface area contributed by atoms with E-state index in [-0.39, 0.29) is 28.8 Å². The zero-order valence-corrected chi connectivity index (χ0v) is 15.3. The molecule has 0 aliphatic rings. The number of benzene rings is 2. The number of phenols is 3. The van der Waals surface area contributed by atoms with E-state index in [0.29, 0.717) is 43.5 Å². The highest BCUT2D eigenvalue weighted by molar-refractivity contribution is 5.77. The van der Waals surface area contributed by atoms with Crippen LogP contribution in [-0.2, 0) is 9.53 Å². The maximum absolute atomic E-state index is 10.6. The van der Waals surface area contributed by atoms with Crippen LogP contribution in [-0.4, -0.2) is 47.1 Å². The summed E-state index contributed by atoms with van der Waals surface area (Å²) in [6.07, 6.45) is 2.63. The summed E-state index contributed by atoms with van der Waals surface area (Å²) < 4.78 is 10.1. The molecule has 8 nitrogen and oxygen atoms in total. The van der Waals surface area contributed by atoms with Gasteiger partial charge in [0.1, 0.15) is 35.6 Å². The molecule has 0 aliphatic carbocycles. The highest BCUT2D eigenvalue weighted by Crippen LogP contribution is 2.21. The zero-order chi connectivity index (χ0) is 20.9. The van der Waals surface area contributed by atoms with Crippen LogP contribution in [0.2, 0.25) is 0 Å². The van der Waals surface area contributed by atoms with Crippen molar-refractivity contribution in [1.29, 1.82) is 0 Å². The lowest BCUT2D eigenvalue weighted by Crippen LogP contribution is -2.03. The van der Waals surface area contributed by atoms with Crippen molar-refractivity contribution in [3.8, 4) is 23.0 Å². The zero-order valence-electron chi connectivity index (χ0n) is 15.3. The molecule has 0 aliphatic heterocycles. The Labute approximate surface area is 162 Å². The predicted molar refractivity (Wildman–Crippen MR) is 100 cm³/mol. The second-order valence-corrected chi connectivity index (χ2v) is 5.67. The smallest absolute Gasteiger partial charge is 0.302 e. The van der Waals surface area contributed by atoms with Gasteiger partial charge in [-0.1, -0.05) is 0 Å². The van der Waals surface area contributed by atoms with Gasteiger partial charge in [-0.15, -0.1) is 0 Å².